The van der Waals surface area contributed by atoms with Gasteiger partial charge in [0.15, 0.2) is 0 Å². The number of H-pyrrole nitrogens is 1. The quantitative estimate of drug-likeness (QED) is 0.369. The normalized spacial score (nSPS) is 11.2. The molecule has 156 valence electrons. The number of fused-ring (bicyclic) bond motifs is 2. The minimum atomic E-state index is 0.584. The third-order valence-electron chi connectivity index (χ3n) is 5.36. The van der Waals surface area contributed by atoms with Gasteiger partial charge in [0.1, 0.15) is 11.6 Å². The molecular formula is C23H23N7O. The molecular weight excluding hydrogens is 390 g/mol. The molecule has 5 aromatic rings. The van der Waals surface area contributed by atoms with Gasteiger partial charge in [0.05, 0.1) is 24.5 Å². The Morgan fingerprint density at radius 2 is 2.06 bits per heavy atom. The first-order valence-electron chi connectivity index (χ1n) is 10.1. The van der Waals surface area contributed by atoms with E-state index in [1.165, 1.54) is 10.9 Å². The fourth-order valence-corrected chi connectivity index (χ4v) is 3.74. The monoisotopic (exact) mass is 413 g/mol. The molecule has 5 rings (SSSR count). The Kier molecular flexibility index (Phi) is 4.87. The van der Waals surface area contributed by atoms with Gasteiger partial charge < -0.3 is 20.4 Å². The van der Waals surface area contributed by atoms with Gasteiger partial charge in [-0.1, -0.05) is 6.07 Å². The molecule has 0 aliphatic heterocycles. The third kappa shape index (κ3) is 3.75. The van der Waals surface area contributed by atoms with Crippen LogP contribution in [0.3, 0.4) is 0 Å². The lowest BCUT2D eigenvalue weighted by atomic mass is 10.1. The minimum absolute atomic E-state index is 0.584. The predicted octanol–water partition coefficient (Wildman–Crippen LogP) is 4.25. The number of hydrogen-bond donors (Lipinski definition) is 3. The molecule has 0 fully saturated rings. The number of nitrogens with one attached hydrogen (secondary N) is 3. The summed E-state index contributed by atoms with van der Waals surface area (Å²) >= 11 is 0. The number of nitrogens with zero attached hydrogens (tertiary/aromatic N) is 4. The summed E-state index contributed by atoms with van der Waals surface area (Å²) in [6, 6.07) is 14.0. The van der Waals surface area contributed by atoms with E-state index < -0.39 is 0 Å². The Morgan fingerprint density at radius 3 is 2.97 bits per heavy atom. The largest absolute Gasteiger partial charge is 0.497 e. The highest BCUT2D eigenvalue weighted by Crippen LogP contribution is 2.26. The molecule has 8 heteroatoms. The van der Waals surface area contributed by atoms with Crippen LogP contribution in [0.5, 0.6) is 5.75 Å². The molecule has 0 aliphatic rings. The first-order chi connectivity index (χ1) is 15.2. The van der Waals surface area contributed by atoms with Crippen molar-refractivity contribution in [3.8, 4) is 5.75 Å². The maximum atomic E-state index is 5.35. The van der Waals surface area contributed by atoms with Crippen LogP contribution in [-0.4, -0.2) is 38.4 Å². The van der Waals surface area contributed by atoms with Crippen molar-refractivity contribution in [1.82, 2.24) is 24.7 Å². The van der Waals surface area contributed by atoms with Crippen molar-refractivity contribution in [2.24, 2.45) is 7.05 Å². The Labute approximate surface area is 179 Å². The number of anilines is 3. The van der Waals surface area contributed by atoms with E-state index in [2.05, 4.69) is 36.8 Å². The van der Waals surface area contributed by atoms with Gasteiger partial charge in [-0.15, -0.1) is 0 Å². The molecule has 0 radical (unpaired) electrons. The Bertz CT molecular complexity index is 1350. The van der Waals surface area contributed by atoms with Crippen LogP contribution in [-0.2, 0) is 13.5 Å². The second-order valence-electron chi connectivity index (χ2n) is 7.30. The molecule has 0 atom stereocenters. The molecule has 0 aliphatic carbocycles. The molecule has 0 bridgehead atoms. The van der Waals surface area contributed by atoms with Crippen molar-refractivity contribution >= 4 is 39.3 Å². The van der Waals surface area contributed by atoms with Gasteiger partial charge in [0.2, 0.25) is 5.95 Å². The number of benzene rings is 2. The van der Waals surface area contributed by atoms with Crippen LogP contribution in [0.1, 0.15) is 5.56 Å². The number of ether oxygens (including phenoxy) is 1. The molecule has 3 N–H and O–H groups in total. The fraction of sp³-hybridized carbons (Fsp3) is 0.174. The topological polar surface area (TPSA) is 92.7 Å². The van der Waals surface area contributed by atoms with Crippen LogP contribution in [0.25, 0.3) is 21.8 Å². The molecule has 2 aromatic carbocycles. The van der Waals surface area contributed by atoms with Gasteiger partial charge in [-0.05, 0) is 48.4 Å². The zero-order chi connectivity index (χ0) is 21.2. The Hall–Kier alpha value is -4.07. The van der Waals surface area contributed by atoms with Crippen LogP contribution >= 0.6 is 0 Å². The van der Waals surface area contributed by atoms with Gasteiger partial charge in [0, 0.05) is 42.3 Å². The number of aryl methyl sites for hydroxylation is 1. The van der Waals surface area contributed by atoms with Crippen molar-refractivity contribution in [1.29, 1.82) is 0 Å². The van der Waals surface area contributed by atoms with E-state index in [0.717, 1.165) is 40.1 Å². The number of aromatic amines is 1. The summed E-state index contributed by atoms with van der Waals surface area (Å²) in [5.41, 5.74) is 4.34. The molecule has 0 amide bonds. The molecule has 8 nitrogen and oxygen atoms in total. The van der Waals surface area contributed by atoms with Crippen molar-refractivity contribution in [2.45, 2.75) is 6.42 Å². The maximum Gasteiger partial charge on any atom is 0.224 e. The van der Waals surface area contributed by atoms with Crippen molar-refractivity contribution in [3.63, 3.8) is 0 Å². The summed E-state index contributed by atoms with van der Waals surface area (Å²) < 4.78 is 7.20. The van der Waals surface area contributed by atoms with Crippen molar-refractivity contribution in [2.75, 3.05) is 24.3 Å². The first-order valence-corrected chi connectivity index (χ1v) is 10.1. The lowest BCUT2D eigenvalue weighted by Gasteiger charge is -2.09. The van der Waals surface area contributed by atoms with Crippen LogP contribution in [0, 0.1) is 0 Å². The van der Waals surface area contributed by atoms with E-state index in [0.29, 0.717) is 12.5 Å². The van der Waals surface area contributed by atoms with E-state index in [1.54, 1.807) is 13.3 Å². The zero-order valence-corrected chi connectivity index (χ0v) is 17.4. The molecule has 3 heterocycles. The summed E-state index contributed by atoms with van der Waals surface area (Å²) in [5.74, 6) is 2.17. The highest BCUT2D eigenvalue weighted by Gasteiger charge is 2.08. The molecule has 31 heavy (non-hydrogen) atoms. The van der Waals surface area contributed by atoms with E-state index in [4.69, 9.17) is 4.74 Å². The number of hydrogen-bond acceptors (Lipinski definition) is 6. The fourth-order valence-electron chi connectivity index (χ4n) is 3.74. The lowest BCUT2D eigenvalue weighted by Crippen LogP contribution is -2.08. The molecule has 0 spiro atoms. The highest BCUT2D eigenvalue weighted by molar-refractivity contribution is 5.92. The van der Waals surface area contributed by atoms with E-state index in [9.17, 15) is 0 Å². The summed E-state index contributed by atoms with van der Waals surface area (Å²) in [5, 5.41) is 13.2. The molecule has 0 unspecified atom stereocenters. The molecule has 0 saturated carbocycles. The molecule has 0 saturated heterocycles. The van der Waals surface area contributed by atoms with Crippen molar-refractivity contribution < 1.29 is 4.74 Å². The number of rotatable bonds is 7. The maximum absolute atomic E-state index is 5.35. The summed E-state index contributed by atoms with van der Waals surface area (Å²) in [7, 11) is 3.62. The first kappa shape index (κ1) is 18.9. The highest BCUT2D eigenvalue weighted by atomic mass is 16.5. The minimum Gasteiger partial charge on any atom is -0.497 e. The Morgan fingerprint density at radius 1 is 1.13 bits per heavy atom. The predicted molar refractivity (Wildman–Crippen MR) is 123 cm³/mol. The third-order valence-corrected chi connectivity index (χ3v) is 5.36. The summed E-state index contributed by atoms with van der Waals surface area (Å²) in [4.78, 5) is 12.3. The van der Waals surface area contributed by atoms with Gasteiger partial charge >= 0.3 is 0 Å². The Balaban J connectivity index is 1.28. The van der Waals surface area contributed by atoms with Gasteiger partial charge in [-0.2, -0.15) is 10.1 Å². The smallest absolute Gasteiger partial charge is 0.224 e. The van der Waals surface area contributed by atoms with Gasteiger partial charge in [-0.3, -0.25) is 4.68 Å². The van der Waals surface area contributed by atoms with Gasteiger partial charge in [-0.25, -0.2) is 4.98 Å². The average Bonchev–Trinajstić information content (AvgIpc) is 3.38. The second kappa shape index (κ2) is 7.98. The second-order valence-corrected chi connectivity index (χ2v) is 7.30. The SMILES string of the molecule is COc1ccc2[nH]cc(CCNc3nccc(Nc4cccc5c4cnn5C)n3)c2c1. The molecule has 3 aromatic heterocycles. The van der Waals surface area contributed by atoms with Crippen LogP contribution in [0.2, 0.25) is 0 Å². The number of aromatic nitrogens is 5. The van der Waals surface area contributed by atoms with E-state index >= 15 is 0 Å². The van der Waals surface area contributed by atoms with E-state index in [-0.39, 0.29) is 0 Å². The van der Waals surface area contributed by atoms with E-state index in [1.807, 2.05) is 60.5 Å². The summed E-state index contributed by atoms with van der Waals surface area (Å²) in [6.45, 7) is 0.714. The van der Waals surface area contributed by atoms with Gasteiger partial charge in [0.25, 0.3) is 0 Å². The lowest BCUT2D eigenvalue weighted by molar-refractivity contribution is 0.415. The van der Waals surface area contributed by atoms with Crippen molar-refractivity contribution in [3.05, 3.63) is 66.6 Å². The zero-order valence-electron chi connectivity index (χ0n) is 17.4. The van der Waals surface area contributed by atoms with Crippen LogP contribution in [0.15, 0.2) is 61.1 Å². The van der Waals surface area contributed by atoms with Crippen LogP contribution in [0.4, 0.5) is 17.5 Å². The summed E-state index contributed by atoms with van der Waals surface area (Å²) in [6.07, 6.45) is 6.48. The van der Waals surface area contributed by atoms with Crippen LogP contribution < -0.4 is 15.4 Å². The standard InChI is InChI=1S/C23H23N7O/c1-30-21-5-3-4-20(18(21)14-27-30)28-22-9-11-25-23(29-22)24-10-8-15-13-26-19-7-6-16(31-2)12-17(15)19/h3-7,9,11-14,26H,8,10H2,1-2H3,(H2,24,25,28,29). The average molecular weight is 413 g/mol. The number of methoxy groups -OCH3 is 1.